The maximum absolute atomic E-state index is 6.61. The van der Waals surface area contributed by atoms with Crippen LogP contribution in [0.4, 0.5) is 17.1 Å². The van der Waals surface area contributed by atoms with Gasteiger partial charge in [0.2, 0.25) is 0 Å². The number of para-hydroxylation sites is 6. The molecule has 0 aliphatic heterocycles. The monoisotopic (exact) mass is 742 g/mol. The second-order valence-electron chi connectivity index (χ2n) is 14.9. The molecule has 0 saturated carbocycles. The summed E-state index contributed by atoms with van der Waals surface area (Å²) < 4.78 is 15.6. The fourth-order valence-corrected chi connectivity index (χ4v) is 8.89. The molecule has 0 aliphatic rings. The molecule has 0 atom stereocenters. The third kappa shape index (κ3) is 5.02. The van der Waals surface area contributed by atoms with Crippen LogP contribution in [0.2, 0.25) is 0 Å². The van der Waals surface area contributed by atoms with E-state index in [0.29, 0.717) is 0 Å². The standard InChI is InChI=1S/C54H34N2O2/c1-2-12-39(13-3-1)55-47-19-7-4-14-41(47)42-33-30-38(34-50(42)55)37-26-24-35(25-27-37)36-28-31-40(32-29-36)56(48-20-10-17-45-43-15-5-8-22-51(43)57-53(45)48)49-21-11-18-46-44-16-6-9-23-52(44)58-54(46)49/h1-34H. The van der Waals surface area contributed by atoms with Crippen molar-refractivity contribution in [3.63, 3.8) is 0 Å². The molecule has 0 radical (unpaired) electrons. The molecule has 0 aliphatic carbocycles. The summed E-state index contributed by atoms with van der Waals surface area (Å²) in [7, 11) is 0. The van der Waals surface area contributed by atoms with Gasteiger partial charge < -0.3 is 18.3 Å². The summed E-state index contributed by atoms with van der Waals surface area (Å²) in [5.74, 6) is 0. The Balaban J connectivity index is 0.945. The highest BCUT2D eigenvalue weighted by atomic mass is 16.3. The van der Waals surface area contributed by atoms with Crippen LogP contribution in [-0.2, 0) is 0 Å². The number of hydrogen-bond donors (Lipinski definition) is 0. The first-order valence-electron chi connectivity index (χ1n) is 19.7. The molecule has 4 heteroatoms. The summed E-state index contributed by atoms with van der Waals surface area (Å²) in [6.45, 7) is 0. The molecule has 272 valence electrons. The van der Waals surface area contributed by atoms with Gasteiger partial charge in [0, 0.05) is 43.7 Å². The van der Waals surface area contributed by atoms with Gasteiger partial charge >= 0.3 is 0 Å². The number of rotatable bonds is 6. The number of anilines is 3. The molecular weight excluding hydrogens is 709 g/mol. The SMILES string of the molecule is c1ccc(-n2c3ccccc3c3ccc(-c4ccc(-c5ccc(N(c6cccc7c6oc6ccccc67)c6cccc7c6oc6ccccc67)cc5)cc4)cc32)cc1. The number of nitrogens with zero attached hydrogens (tertiary/aromatic N) is 2. The van der Waals surface area contributed by atoms with Crippen molar-refractivity contribution in [1.82, 2.24) is 4.57 Å². The van der Waals surface area contributed by atoms with Gasteiger partial charge in [0.1, 0.15) is 11.2 Å². The van der Waals surface area contributed by atoms with Gasteiger partial charge in [-0.15, -0.1) is 0 Å². The minimum atomic E-state index is 0.832. The normalized spacial score (nSPS) is 11.8. The lowest BCUT2D eigenvalue weighted by atomic mass is 9.99. The van der Waals surface area contributed by atoms with Crippen molar-refractivity contribution in [1.29, 1.82) is 0 Å². The summed E-state index contributed by atoms with van der Waals surface area (Å²) in [5, 5.41) is 6.85. The van der Waals surface area contributed by atoms with E-state index >= 15 is 0 Å². The molecule has 58 heavy (non-hydrogen) atoms. The molecule has 0 fully saturated rings. The number of hydrogen-bond acceptors (Lipinski definition) is 3. The zero-order valence-electron chi connectivity index (χ0n) is 31.3. The number of fused-ring (bicyclic) bond motifs is 9. The maximum atomic E-state index is 6.61. The Morgan fingerprint density at radius 3 is 1.41 bits per heavy atom. The Labute approximate surface area is 334 Å². The molecule has 0 unspecified atom stereocenters. The van der Waals surface area contributed by atoms with Crippen LogP contribution in [0.3, 0.4) is 0 Å². The summed E-state index contributed by atoms with van der Waals surface area (Å²) in [6.07, 6.45) is 0. The van der Waals surface area contributed by atoms with Crippen LogP contribution in [-0.4, -0.2) is 4.57 Å². The van der Waals surface area contributed by atoms with Crippen LogP contribution in [0, 0.1) is 0 Å². The summed E-state index contributed by atoms with van der Waals surface area (Å²) in [5.41, 5.74) is 14.5. The van der Waals surface area contributed by atoms with Gasteiger partial charge in [-0.25, -0.2) is 0 Å². The van der Waals surface area contributed by atoms with Gasteiger partial charge in [0.25, 0.3) is 0 Å². The van der Waals surface area contributed by atoms with Gasteiger partial charge in [0.15, 0.2) is 11.2 Å². The molecule has 4 nitrogen and oxygen atoms in total. The van der Waals surface area contributed by atoms with E-state index in [9.17, 15) is 0 Å². The molecule has 12 rings (SSSR count). The minimum Gasteiger partial charge on any atom is -0.454 e. The van der Waals surface area contributed by atoms with Crippen LogP contribution in [0.25, 0.3) is 93.6 Å². The molecule has 0 amide bonds. The van der Waals surface area contributed by atoms with Crippen molar-refractivity contribution in [2.45, 2.75) is 0 Å². The van der Waals surface area contributed by atoms with E-state index in [1.54, 1.807) is 0 Å². The van der Waals surface area contributed by atoms with E-state index in [2.05, 4.69) is 191 Å². The Morgan fingerprint density at radius 1 is 0.328 bits per heavy atom. The first-order valence-corrected chi connectivity index (χ1v) is 19.7. The van der Waals surface area contributed by atoms with Crippen LogP contribution >= 0.6 is 0 Å². The summed E-state index contributed by atoms with van der Waals surface area (Å²) in [4.78, 5) is 2.27. The van der Waals surface area contributed by atoms with Gasteiger partial charge in [-0.3, -0.25) is 0 Å². The zero-order chi connectivity index (χ0) is 38.2. The second kappa shape index (κ2) is 12.9. The largest absolute Gasteiger partial charge is 0.454 e. The van der Waals surface area contributed by atoms with Crippen molar-refractivity contribution in [3.05, 3.63) is 206 Å². The lowest BCUT2D eigenvalue weighted by Crippen LogP contribution is -2.10. The van der Waals surface area contributed by atoms with E-state index in [0.717, 1.165) is 77.8 Å². The second-order valence-corrected chi connectivity index (χ2v) is 14.9. The molecule has 3 heterocycles. The lowest BCUT2D eigenvalue weighted by molar-refractivity contribution is 0.666. The fraction of sp³-hybridized carbons (Fsp3) is 0. The van der Waals surface area contributed by atoms with E-state index in [4.69, 9.17) is 8.83 Å². The van der Waals surface area contributed by atoms with Crippen molar-refractivity contribution in [2.24, 2.45) is 0 Å². The Bertz CT molecular complexity index is 3390. The lowest BCUT2D eigenvalue weighted by Gasteiger charge is -2.25. The average molecular weight is 743 g/mol. The molecule has 9 aromatic carbocycles. The van der Waals surface area contributed by atoms with Crippen LogP contribution in [0.1, 0.15) is 0 Å². The maximum Gasteiger partial charge on any atom is 0.159 e. The van der Waals surface area contributed by atoms with Gasteiger partial charge in [-0.05, 0) is 82.9 Å². The number of benzene rings is 9. The molecule has 0 saturated heterocycles. The third-order valence-corrected chi connectivity index (χ3v) is 11.6. The first-order chi connectivity index (χ1) is 28.8. The van der Waals surface area contributed by atoms with E-state index in [1.165, 1.54) is 32.9 Å². The molecule has 0 spiro atoms. The molecule has 0 bridgehead atoms. The van der Waals surface area contributed by atoms with Crippen molar-refractivity contribution < 1.29 is 8.83 Å². The van der Waals surface area contributed by atoms with Crippen molar-refractivity contribution in [2.75, 3.05) is 4.90 Å². The van der Waals surface area contributed by atoms with E-state index < -0.39 is 0 Å². The average Bonchev–Trinajstić information content (AvgIpc) is 3.97. The molecular formula is C54H34N2O2. The predicted molar refractivity (Wildman–Crippen MR) is 241 cm³/mol. The first kappa shape index (κ1) is 32.4. The number of furan rings is 2. The van der Waals surface area contributed by atoms with Crippen LogP contribution < -0.4 is 4.90 Å². The van der Waals surface area contributed by atoms with Gasteiger partial charge in [-0.1, -0.05) is 146 Å². The minimum absolute atomic E-state index is 0.832. The Morgan fingerprint density at radius 2 is 0.793 bits per heavy atom. The quantitative estimate of drug-likeness (QED) is 0.170. The molecule has 0 N–H and O–H groups in total. The Hall–Kier alpha value is -7.82. The van der Waals surface area contributed by atoms with Crippen molar-refractivity contribution >= 4 is 82.7 Å². The topological polar surface area (TPSA) is 34.5 Å². The highest BCUT2D eigenvalue weighted by molar-refractivity contribution is 6.14. The van der Waals surface area contributed by atoms with E-state index in [-0.39, 0.29) is 0 Å². The zero-order valence-corrected chi connectivity index (χ0v) is 31.3. The smallest absolute Gasteiger partial charge is 0.159 e. The van der Waals surface area contributed by atoms with Gasteiger partial charge in [-0.2, -0.15) is 0 Å². The molecule has 12 aromatic rings. The predicted octanol–water partition coefficient (Wildman–Crippen LogP) is 15.4. The van der Waals surface area contributed by atoms with E-state index in [1.807, 2.05) is 24.3 Å². The van der Waals surface area contributed by atoms with Gasteiger partial charge in [0.05, 0.1) is 22.4 Å². The summed E-state index contributed by atoms with van der Waals surface area (Å²) in [6, 6.07) is 73.1. The molecule has 3 aromatic heterocycles. The highest BCUT2D eigenvalue weighted by Crippen LogP contribution is 2.46. The van der Waals surface area contributed by atoms with Crippen LogP contribution in [0.15, 0.2) is 215 Å². The highest BCUT2D eigenvalue weighted by Gasteiger charge is 2.23. The number of aromatic nitrogens is 1. The van der Waals surface area contributed by atoms with Crippen LogP contribution in [0.5, 0.6) is 0 Å². The Kier molecular flexibility index (Phi) is 7.20. The fourth-order valence-electron chi connectivity index (χ4n) is 8.89. The summed E-state index contributed by atoms with van der Waals surface area (Å²) >= 11 is 0. The van der Waals surface area contributed by atoms with Crippen molar-refractivity contribution in [3.8, 4) is 27.9 Å². The third-order valence-electron chi connectivity index (χ3n) is 11.6.